The maximum Gasteiger partial charge on any atom is 0.325 e. The second-order valence-corrected chi connectivity index (χ2v) is 7.38. The highest BCUT2D eigenvalue weighted by Crippen LogP contribution is 2.34. The minimum absolute atomic E-state index is 0.0254. The zero-order valence-corrected chi connectivity index (χ0v) is 14.2. The number of rotatable bonds is 3. The Morgan fingerprint density at radius 2 is 2.29 bits per heavy atom. The van der Waals surface area contributed by atoms with Gasteiger partial charge in [-0.2, -0.15) is 11.8 Å². The summed E-state index contributed by atoms with van der Waals surface area (Å²) in [5.41, 5.74) is 0.0477. The summed E-state index contributed by atoms with van der Waals surface area (Å²) in [6, 6.07) is 6.83. The molecule has 0 bridgehead atoms. The normalized spacial score (nSPS) is 23.3. The summed E-state index contributed by atoms with van der Waals surface area (Å²) in [7, 11) is 0. The van der Waals surface area contributed by atoms with Crippen molar-refractivity contribution in [1.29, 1.82) is 0 Å². The van der Waals surface area contributed by atoms with Crippen molar-refractivity contribution in [1.82, 2.24) is 15.2 Å². The molecule has 2 fully saturated rings. The largest absolute Gasteiger partial charge is 0.439 e. The van der Waals surface area contributed by atoms with Crippen molar-refractivity contribution in [2.75, 3.05) is 11.5 Å². The van der Waals surface area contributed by atoms with E-state index < -0.39 is 5.54 Å². The summed E-state index contributed by atoms with van der Waals surface area (Å²) < 4.78 is 5.69. The number of urea groups is 1. The van der Waals surface area contributed by atoms with Gasteiger partial charge in [0, 0.05) is 16.3 Å². The molecule has 2 aliphatic rings. The number of carbonyl (C=O) groups is 2. The Balaban J connectivity index is 1.54. The van der Waals surface area contributed by atoms with Crippen LogP contribution < -0.4 is 5.32 Å². The van der Waals surface area contributed by atoms with Gasteiger partial charge in [0.05, 0.1) is 6.20 Å². The highest BCUT2D eigenvalue weighted by molar-refractivity contribution is 7.99. The molecule has 2 aromatic rings. The van der Waals surface area contributed by atoms with E-state index in [1.165, 1.54) is 4.90 Å². The number of thioether (sulfide) groups is 1. The van der Waals surface area contributed by atoms with Gasteiger partial charge in [0.1, 0.15) is 12.1 Å². The number of amides is 3. The molecule has 8 heteroatoms. The molecular weight excluding hydrogens is 350 g/mol. The number of nitrogens with zero attached hydrogens (tertiary/aromatic N) is 2. The van der Waals surface area contributed by atoms with Crippen LogP contribution in [0.15, 0.2) is 34.9 Å². The lowest BCUT2D eigenvalue weighted by molar-refractivity contribution is -0.131. The molecule has 1 spiro atoms. The van der Waals surface area contributed by atoms with Crippen molar-refractivity contribution >= 4 is 35.3 Å². The number of imide groups is 1. The Bertz CT molecular complexity index is 816. The maximum absolute atomic E-state index is 12.6. The number of hydrogen-bond acceptors (Lipinski definition) is 5. The molecule has 2 aliphatic heterocycles. The van der Waals surface area contributed by atoms with E-state index in [1.54, 1.807) is 30.1 Å². The van der Waals surface area contributed by atoms with Crippen LogP contribution in [-0.2, 0) is 11.3 Å². The van der Waals surface area contributed by atoms with Crippen molar-refractivity contribution < 1.29 is 14.0 Å². The van der Waals surface area contributed by atoms with Crippen LogP contribution in [0.3, 0.4) is 0 Å². The van der Waals surface area contributed by atoms with E-state index >= 15 is 0 Å². The molecule has 1 unspecified atom stereocenters. The van der Waals surface area contributed by atoms with E-state index in [0.29, 0.717) is 28.8 Å². The quantitative estimate of drug-likeness (QED) is 0.848. The van der Waals surface area contributed by atoms with E-state index in [9.17, 15) is 9.59 Å². The van der Waals surface area contributed by atoms with Gasteiger partial charge >= 0.3 is 6.03 Å². The maximum atomic E-state index is 12.6. The van der Waals surface area contributed by atoms with Crippen molar-refractivity contribution in [3.05, 3.63) is 41.4 Å². The van der Waals surface area contributed by atoms with Gasteiger partial charge in [0.2, 0.25) is 5.89 Å². The number of aromatic nitrogens is 1. The first kappa shape index (κ1) is 15.5. The third-order valence-electron chi connectivity index (χ3n) is 4.22. The molecule has 1 N–H and O–H groups in total. The van der Waals surface area contributed by atoms with Crippen LogP contribution >= 0.6 is 23.4 Å². The third-order valence-corrected chi connectivity index (χ3v) is 5.65. The number of halogens is 1. The van der Waals surface area contributed by atoms with Gasteiger partial charge in [-0.3, -0.25) is 9.69 Å². The molecule has 0 saturated carbocycles. The van der Waals surface area contributed by atoms with Gasteiger partial charge in [-0.1, -0.05) is 23.7 Å². The second kappa shape index (κ2) is 5.82. The molecule has 124 valence electrons. The molecule has 4 rings (SSSR count). The van der Waals surface area contributed by atoms with E-state index in [-0.39, 0.29) is 18.5 Å². The van der Waals surface area contributed by atoms with Crippen LogP contribution in [0.1, 0.15) is 12.3 Å². The smallest absolute Gasteiger partial charge is 0.325 e. The lowest BCUT2D eigenvalue weighted by Crippen LogP contribution is -2.46. The predicted molar refractivity (Wildman–Crippen MR) is 90.7 cm³/mol. The molecular formula is C16H14ClN3O3S. The number of carbonyl (C=O) groups excluding carboxylic acids is 2. The van der Waals surface area contributed by atoms with E-state index in [2.05, 4.69) is 10.3 Å². The first-order valence-corrected chi connectivity index (χ1v) is 9.03. The average Bonchev–Trinajstić information content (AvgIpc) is 3.26. The van der Waals surface area contributed by atoms with Gasteiger partial charge in [-0.05, 0) is 24.3 Å². The summed E-state index contributed by atoms with van der Waals surface area (Å²) >= 11 is 7.65. The Morgan fingerprint density at radius 1 is 1.42 bits per heavy atom. The number of nitrogens with one attached hydrogen (secondary N) is 1. The van der Waals surface area contributed by atoms with Crippen molar-refractivity contribution in [3.63, 3.8) is 0 Å². The Morgan fingerprint density at radius 3 is 3.04 bits per heavy atom. The van der Waals surface area contributed by atoms with Crippen molar-refractivity contribution in [3.8, 4) is 11.3 Å². The minimum Gasteiger partial charge on any atom is -0.439 e. The van der Waals surface area contributed by atoms with E-state index in [1.807, 2.05) is 12.1 Å². The highest BCUT2D eigenvalue weighted by Gasteiger charge is 2.53. The lowest BCUT2D eigenvalue weighted by atomic mass is 9.99. The van der Waals surface area contributed by atoms with Crippen molar-refractivity contribution in [2.45, 2.75) is 18.5 Å². The molecule has 6 nitrogen and oxygen atoms in total. The molecule has 1 aromatic carbocycles. The zero-order chi connectivity index (χ0) is 16.7. The van der Waals surface area contributed by atoms with E-state index in [4.69, 9.17) is 16.0 Å². The first-order valence-electron chi connectivity index (χ1n) is 7.50. The van der Waals surface area contributed by atoms with Crippen molar-refractivity contribution in [2.24, 2.45) is 0 Å². The summed E-state index contributed by atoms with van der Waals surface area (Å²) in [5.74, 6) is 2.16. The standard InChI is InChI=1S/C16H14ClN3O3S/c17-11-3-1-2-10(6-11)12-7-18-13(23-12)8-20-14(21)16(19-15(20)22)4-5-24-9-16/h1-3,6-7H,4-5,8-9H2,(H,19,22). The van der Waals surface area contributed by atoms with Crippen LogP contribution in [0, 0.1) is 0 Å². The van der Waals surface area contributed by atoms with Crippen LogP contribution in [0.5, 0.6) is 0 Å². The molecule has 0 aliphatic carbocycles. The molecule has 3 heterocycles. The molecule has 2 saturated heterocycles. The SMILES string of the molecule is O=C1NC2(CCSC2)C(=O)N1Cc1ncc(-c2cccc(Cl)c2)o1. The molecule has 1 aromatic heterocycles. The van der Waals surface area contributed by atoms with Crippen LogP contribution in [0.4, 0.5) is 4.79 Å². The fourth-order valence-corrected chi connectivity index (χ4v) is 4.46. The summed E-state index contributed by atoms with van der Waals surface area (Å²) in [5, 5.41) is 3.42. The Hall–Kier alpha value is -1.99. The van der Waals surface area contributed by atoms with Crippen LogP contribution in [0.2, 0.25) is 5.02 Å². The second-order valence-electron chi connectivity index (χ2n) is 5.83. The summed E-state index contributed by atoms with van der Waals surface area (Å²) in [6.07, 6.45) is 2.23. The van der Waals surface area contributed by atoms with Gasteiger partial charge in [-0.15, -0.1) is 0 Å². The van der Waals surface area contributed by atoms with Gasteiger partial charge in [0.25, 0.3) is 5.91 Å². The zero-order valence-electron chi connectivity index (χ0n) is 12.6. The first-order chi connectivity index (χ1) is 11.6. The highest BCUT2D eigenvalue weighted by atomic mass is 35.5. The lowest BCUT2D eigenvalue weighted by Gasteiger charge is -2.18. The molecule has 3 amide bonds. The monoisotopic (exact) mass is 363 g/mol. The third kappa shape index (κ3) is 2.57. The van der Waals surface area contributed by atoms with Gasteiger partial charge in [0.15, 0.2) is 5.76 Å². The number of hydrogen-bond donors (Lipinski definition) is 1. The minimum atomic E-state index is -0.746. The molecule has 0 radical (unpaired) electrons. The summed E-state index contributed by atoms with van der Waals surface area (Å²) in [4.78, 5) is 30.1. The number of benzene rings is 1. The molecule has 24 heavy (non-hydrogen) atoms. The Labute approximate surface area is 147 Å². The summed E-state index contributed by atoms with van der Waals surface area (Å²) in [6.45, 7) is 0.0254. The fourth-order valence-electron chi connectivity index (χ4n) is 2.95. The molecule has 1 atom stereocenters. The van der Waals surface area contributed by atoms with Crippen LogP contribution in [-0.4, -0.2) is 38.9 Å². The fraction of sp³-hybridized carbons (Fsp3) is 0.312. The van der Waals surface area contributed by atoms with Gasteiger partial charge < -0.3 is 9.73 Å². The topological polar surface area (TPSA) is 75.4 Å². The average molecular weight is 364 g/mol. The predicted octanol–water partition coefficient (Wildman–Crippen LogP) is 2.92. The van der Waals surface area contributed by atoms with Gasteiger partial charge in [-0.25, -0.2) is 9.78 Å². The number of oxazole rings is 1. The Kier molecular flexibility index (Phi) is 3.77. The van der Waals surface area contributed by atoms with E-state index in [0.717, 1.165) is 11.3 Å². The van der Waals surface area contributed by atoms with Crippen LogP contribution in [0.25, 0.3) is 11.3 Å².